The largest absolute Gasteiger partial charge is 0.466 e. The summed E-state index contributed by atoms with van der Waals surface area (Å²) in [5.74, 6) is -1.30. The van der Waals surface area contributed by atoms with Crippen molar-refractivity contribution in [2.45, 2.75) is 19.8 Å². The molecular weight excluding hydrogens is 338 g/mol. The molecule has 0 bridgehead atoms. The standard InChI is InChI=1S/C18H21N3O5/c1-2-25-17(23)5-3-10-19-16(22)13-26-18(24)14-6-8-15(9-7-14)21-12-4-11-20-21/h4,6-9,11-12H,2-3,5,10,13H2,1H3,(H,19,22). The lowest BCUT2D eigenvalue weighted by Gasteiger charge is -2.07. The van der Waals surface area contributed by atoms with Gasteiger partial charge in [-0.25, -0.2) is 9.48 Å². The van der Waals surface area contributed by atoms with Gasteiger partial charge < -0.3 is 14.8 Å². The fourth-order valence-electron chi connectivity index (χ4n) is 2.13. The Hall–Kier alpha value is -3.16. The third-order valence-corrected chi connectivity index (χ3v) is 3.39. The second-order valence-electron chi connectivity index (χ2n) is 5.33. The molecule has 1 aromatic heterocycles. The van der Waals surface area contributed by atoms with Crippen LogP contribution in [0.1, 0.15) is 30.1 Å². The van der Waals surface area contributed by atoms with Gasteiger partial charge in [0.1, 0.15) is 0 Å². The van der Waals surface area contributed by atoms with E-state index in [9.17, 15) is 14.4 Å². The zero-order chi connectivity index (χ0) is 18.8. The second kappa shape index (κ2) is 9.97. The van der Waals surface area contributed by atoms with Crippen LogP contribution in [-0.4, -0.2) is 47.4 Å². The molecule has 0 saturated heterocycles. The Morgan fingerprint density at radius 2 is 1.92 bits per heavy atom. The van der Waals surface area contributed by atoms with Crippen LogP contribution >= 0.6 is 0 Å². The Kier molecular flexibility index (Phi) is 7.35. The van der Waals surface area contributed by atoms with Crippen LogP contribution < -0.4 is 5.32 Å². The molecule has 0 aliphatic carbocycles. The normalized spacial score (nSPS) is 10.2. The fraction of sp³-hybridized carbons (Fsp3) is 0.333. The fourth-order valence-corrected chi connectivity index (χ4v) is 2.13. The molecule has 0 saturated carbocycles. The molecule has 0 spiro atoms. The van der Waals surface area contributed by atoms with Crippen molar-refractivity contribution >= 4 is 17.8 Å². The van der Waals surface area contributed by atoms with Crippen molar-refractivity contribution in [3.63, 3.8) is 0 Å². The second-order valence-corrected chi connectivity index (χ2v) is 5.33. The van der Waals surface area contributed by atoms with Crippen LogP contribution in [0.4, 0.5) is 0 Å². The number of amides is 1. The quantitative estimate of drug-likeness (QED) is 0.538. The van der Waals surface area contributed by atoms with E-state index in [-0.39, 0.29) is 19.0 Å². The van der Waals surface area contributed by atoms with Crippen LogP contribution in [0.15, 0.2) is 42.7 Å². The van der Waals surface area contributed by atoms with Crippen LogP contribution in [-0.2, 0) is 19.1 Å². The number of benzene rings is 1. The first-order valence-electron chi connectivity index (χ1n) is 8.29. The first-order chi connectivity index (χ1) is 12.6. The Bertz CT molecular complexity index is 726. The molecule has 8 nitrogen and oxygen atoms in total. The molecule has 1 aromatic carbocycles. The third-order valence-electron chi connectivity index (χ3n) is 3.39. The molecule has 26 heavy (non-hydrogen) atoms. The summed E-state index contributed by atoms with van der Waals surface area (Å²) >= 11 is 0. The van der Waals surface area contributed by atoms with Gasteiger partial charge >= 0.3 is 11.9 Å². The van der Waals surface area contributed by atoms with E-state index in [1.807, 2.05) is 0 Å². The number of hydrogen-bond acceptors (Lipinski definition) is 6. The number of esters is 2. The van der Waals surface area contributed by atoms with Crippen LogP contribution in [0.25, 0.3) is 5.69 Å². The highest BCUT2D eigenvalue weighted by Crippen LogP contribution is 2.09. The topological polar surface area (TPSA) is 99.5 Å². The Balaban J connectivity index is 1.69. The molecule has 0 unspecified atom stereocenters. The maximum absolute atomic E-state index is 12.0. The van der Waals surface area contributed by atoms with Crippen LogP contribution in [0.5, 0.6) is 0 Å². The average Bonchev–Trinajstić information content (AvgIpc) is 3.18. The van der Waals surface area contributed by atoms with Crippen molar-refractivity contribution in [2.24, 2.45) is 0 Å². The molecule has 1 N–H and O–H groups in total. The molecule has 1 amide bonds. The Morgan fingerprint density at radius 3 is 2.58 bits per heavy atom. The lowest BCUT2D eigenvalue weighted by atomic mass is 10.2. The maximum atomic E-state index is 12.0. The van der Waals surface area contributed by atoms with E-state index in [2.05, 4.69) is 10.4 Å². The number of nitrogens with one attached hydrogen (secondary N) is 1. The van der Waals surface area contributed by atoms with E-state index in [0.29, 0.717) is 25.1 Å². The molecule has 2 aromatic rings. The molecule has 2 rings (SSSR count). The van der Waals surface area contributed by atoms with E-state index < -0.39 is 11.9 Å². The van der Waals surface area contributed by atoms with E-state index in [4.69, 9.17) is 9.47 Å². The van der Waals surface area contributed by atoms with Gasteiger partial charge in [0.25, 0.3) is 5.91 Å². The first kappa shape index (κ1) is 19.2. The predicted octanol–water partition coefficient (Wildman–Crippen LogP) is 1.49. The summed E-state index contributed by atoms with van der Waals surface area (Å²) < 4.78 is 11.4. The third kappa shape index (κ3) is 6.04. The van der Waals surface area contributed by atoms with Crippen LogP contribution in [0, 0.1) is 0 Å². The minimum Gasteiger partial charge on any atom is -0.466 e. The molecular formula is C18H21N3O5. The van der Waals surface area contributed by atoms with E-state index in [1.165, 1.54) is 0 Å². The van der Waals surface area contributed by atoms with Gasteiger partial charge in [0, 0.05) is 25.4 Å². The number of rotatable bonds is 9. The smallest absolute Gasteiger partial charge is 0.338 e. The number of hydrogen-bond donors (Lipinski definition) is 1. The van der Waals surface area contributed by atoms with Gasteiger partial charge in [-0.2, -0.15) is 5.10 Å². The van der Waals surface area contributed by atoms with Gasteiger partial charge in [-0.15, -0.1) is 0 Å². The summed E-state index contributed by atoms with van der Waals surface area (Å²) in [5, 5.41) is 6.67. The van der Waals surface area contributed by atoms with Gasteiger partial charge in [0.15, 0.2) is 6.61 Å². The van der Waals surface area contributed by atoms with Crippen molar-refractivity contribution in [2.75, 3.05) is 19.8 Å². The van der Waals surface area contributed by atoms with Crippen molar-refractivity contribution < 1.29 is 23.9 Å². The van der Waals surface area contributed by atoms with Gasteiger partial charge in [0.2, 0.25) is 0 Å². The summed E-state index contributed by atoms with van der Waals surface area (Å²) in [7, 11) is 0. The highest BCUT2D eigenvalue weighted by molar-refractivity contribution is 5.91. The van der Waals surface area contributed by atoms with Crippen molar-refractivity contribution in [1.29, 1.82) is 0 Å². The van der Waals surface area contributed by atoms with E-state index >= 15 is 0 Å². The lowest BCUT2D eigenvalue weighted by Crippen LogP contribution is -2.30. The van der Waals surface area contributed by atoms with Crippen LogP contribution in [0.3, 0.4) is 0 Å². The molecule has 138 valence electrons. The molecule has 8 heteroatoms. The molecule has 1 heterocycles. The van der Waals surface area contributed by atoms with Gasteiger partial charge in [-0.3, -0.25) is 9.59 Å². The van der Waals surface area contributed by atoms with Crippen LogP contribution in [0.2, 0.25) is 0 Å². The molecule has 0 radical (unpaired) electrons. The van der Waals surface area contributed by atoms with Crippen molar-refractivity contribution in [3.05, 3.63) is 48.3 Å². The van der Waals surface area contributed by atoms with Gasteiger partial charge in [-0.05, 0) is 43.7 Å². The Labute approximate surface area is 151 Å². The summed E-state index contributed by atoms with van der Waals surface area (Å²) in [5.41, 5.74) is 1.15. The zero-order valence-electron chi connectivity index (χ0n) is 14.5. The number of carbonyl (C=O) groups is 3. The minimum atomic E-state index is -0.585. The molecule has 0 aliphatic rings. The predicted molar refractivity (Wildman–Crippen MR) is 92.7 cm³/mol. The summed E-state index contributed by atoms with van der Waals surface area (Å²) in [6, 6.07) is 8.48. The Morgan fingerprint density at radius 1 is 1.15 bits per heavy atom. The average molecular weight is 359 g/mol. The van der Waals surface area contributed by atoms with Crippen molar-refractivity contribution in [1.82, 2.24) is 15.1 Å². The number of ether oxygens (including phenoxy) is 2. The van der Waals surface area contributed by atoms with E-state index in [0.717, 1.165) is 5.69 Å². The van der Waals surface area contributed by atoms with Gasteiger partial charge in [-0.1, -0.05) is 0 Å². The highest BCUT2D eigenvalue weighted by atomic mass is 16.5. The number of nitrogens with zero attached hydrogens (tertiary/aromatic N) is 2. The molecule has 0 aliphatic heterocycles. The number of carbonyl (C=O) groups excluding carboxylic acids is 3. The zero-order valence-corrected chi connectivity index (χ0v) is 14.5. The highest BCUT2D eigenvalue weighted by Gasteiger charge is 2.10. The summed E-state index contributed by atoms with van der Waals surface area (Å²) in [4.78, 5) is 34.7. The molecule has 0 atom stereocenters. The lowest BCUT2D eigenvalue weighted by molar-refractivity contribution is -0.143. The monoisotopic (exact) mass is 359 g/mol. The summed E-state index contributed by atoms with van der Waals surface area (Å²) in [6.45, 7) is 2.01. The maximum Gasteiger partial charge on any atom is 0.338 e. The minimum absolute atomic E-state index is 0.233. The molecule has 0 fully saturated rings. The summed E-state index contributed by atoms with van der Waals surface area (Å²) in [6.07, 6.45) is 4.15. The first-order valence-corrected chi connectivity index (χ1v) is 8.29. The van der Waals surface area contributed by atoms with Gasteiger partial charge in [0.05, 0.1) is 17.9 Å². The number of aromatic nitrogens is 2. The van der Waals surface area contributed by atoms with E-state index in [1.54, 1.807) is 54.3 Å². The van der Waals surface area contributed by atoms with Crippen molar-refractivity contribution in [3.8, 4) is 5.69 Å². The SMILES string of the molecule is CCOC(=O)CCCNC(=O)COC(=O)c1ccc(-n2cccn2)cc1.